The molecule has 1 N–H and O–H groups in total. The Morgan fingerprint density at radius 3 is 2.24 bits per heavy atom. The lowest BCUT2D eigenvalue weighted by Crippen LogP contribution is -2.00. The Hall–Kier alpha value is -1.42. The molecule has 0 aliphatic rings. The molecule has 0 saturated carbocycles. The molecule has 2 aromatic rings. The van der Waals surface area contributed by atoms with Crippen LogP contribution >= 0.6 is 15.9 Å². The number of benzene rings is 2. The van der Waals surface area contributed by atoms with Crippen LogP contribution in [0.5, 0.6) is 0 Å². The van der Waals surface area contributed by atoms with Crippen LogP contribution in [0, 0.1) is 11.6 Å². The summed E-state index contributed by atoms with van der Waals surface area (Å²) in [7, 11) is 0. The fourth-order valence-corrected chi connectivity index (χ4v) is 1.92. The van der Waals surface area contributed by atoms with E-state index in [1.165, 1.54) is 24.3 Å². The first-order chi connectivity index (χ1) is 8.15. The summed E-state index contributed by atoms with van der Waals surface area (Å²) < 4.78 is 26.2. The summed E-state index contributed by atoms with van der Waals surface area (Å²) in [6.45, 7) is 0.560. The highest BCUT2D eigenvalue weighted by Gasteiger charge is 2.01. The summed E-state index contributed by atoms with van der Waals surface area (Å²) in [6, 6.07) is 10.7. The Kier molecular flexibility index (Phi) is 3.74. The van der Waals surface area contributed by atoms with Crippen LogP contribution in [0.4, 0.5) is 14.5 Å². The highest BCUT2D eigenvalue weighted by atomic mass is 79.9. The second kappa shape index (κ2) is 5.27. The largest absolute Gasteiger partial charge is 0.380 e. The van der Waals surface area contributed by atoms with Crippen molar-refractivity contribution in [1.29, 1.82) is 0 Å². The first-order valence-corrected chi connectivity index (χ1v) is 5.88. The molecule has 1 nitrogen and oxygen atoms in total. The standard InChI is InChI=1S/C13H10BrF2N/c14-12-7-11(16)5-6-13(12)17-8-9-1-3-10(15)4-2-9/h1-7,17H,8H2. The molecule has 0 aromatic heterocycles. The predicted molar refractivity (Wildman–Crippen MR) is 67.8 cm³/mol. The monoisotopic (exact) mass is 297 g/mol. The molecule has 0 saturated heterocycles. The zero-order chi connectivity index (χ0) is 12.3. The van der Waals surface area contributed by atoms with Crippen molar-refractivity contribution in [2.45, 2.75) is 6.54 Å². The second-order valence-electron chi connectivity index (χ2n) is 3.60. The zero-order valence-corrected chi connectivity index (χ0v) is 10.5. The molecule has 0 atom stereocenters. The summed E-state index contributed by atoms with van der Waals surface area (Å²) in [4.78, 5) is 0. The predicted octanol–water partition coefficient (Wildman–Crippen LogP) is 4.34. The number of hydrogen-bond acceptors (Lipinski definition) is 1. The minimum Gasteiger partial charge on any atom is -0.380 e. The third-order valence-corrected chi connectivity index (χ3v) is 2.98. The van der Waals surface area contributed by atoms with E-state index < -0.39 is 0 Å². The fraction of sp³-hybridized carbons (Fsp3) is 0.0769. The van der Waals surface area contributed by atoms with Crippen molar-refractivity contribution in [1.82, 2.24) is 0 Å². The number of anilines is 1. The molecule has 0 fully saturated rings. The topological polar surface area (TPSA) is 12.0 Å². The molecule has 0 radical (unpaired) electrons. The number of nitrogens with one attached hydrogen (secondary N) is 1. The Bertz CT molecular complexity index is 511. The van der Waals surface area contributed by atoms with E-state index in [1.54, 1.807) is 18.2 Å². The van der Waals surface area contributed by atoms with Gasteiger partial charge in [0.05, 0.1) is 0 Å². The van der Waals surface area contributed by atoms with Gasteiger partial charge in [0, 0.05) is 16.7 Å². The molecule has 17 heavy (non-hydrogen) atoms. The smallest absolute Gasteiger partial charge is 0.124 e. The average molecular weight is 298 g/mol. The summed E-state index contributed by atoms with van der Waals surface area (Å²) >= 11 is 3.27. The van der Waals surface area contributed by atoms with Gasteiger partial charge in [-0.3, -0.25) is 0 Å². The van der Waals surface area contributed by atoms with Gasteiger partial charge in [0.15, 0.2) is 0 Å². The van der Waals surface area contributed by atoms with Gasteiger partial charge in [-0.25, -0.2) is 8.78 Å². The maximum Gasteiger partial charge on any atom is 0.124 e. The average Bonchev–Trinajstić information content (AvgIpc) is 2.30. The van der Waals surface area contributed by atoms with Crippen molar-refractivity contribution in [3.63, 3.8) is 0 Å². The van der Waals surface area contributed by atoms with Gasteiger partial charge in [0.1, 0.15) is 11.6 Å². The van der Waals surface area contributed by atoms with E-state index in [0.717, 1.165) is 11.3 Å². The van der Waals surface area contributed by atoms with Crippen molar-refractivity contribution in [3.05, 3.63) is 64.1 Å². The molecule has 0 bridgehead atoms. The minimum atomic E-state index is -0.288. The highest BCUT2D eigenvalue weighted by Crippen LogP contribution is 2.23. The third kappa shape index (κ3) is 3.27. The molecule has 0 heterocycles. The van der Waals surface area contributed by atoms with E-state index in [1.807, 2.05) is 0 Å². The SMILES string of the molecule is Fc1ccc(CNc2ccc(F)cc2Br)cc1. The van der Waals surface area contributed by atoms with E-state index in [-0.39, 0.29) is 11.6 Å². The van der Waals surface area contributed by atoms with Gasteiger partial charge in [-0.1, -0.05) is 12.1 Å². The Morgan fingerprint density at radius 2 is 1.59 bits per heavy atom. The molecule has 0 unspecified atom stereocenters. The van der Waals surface area contributed by atoms with Crippen molar-refractivity contribution in [2.75, 3.05) is 5.32 Å². The van der Waals surface area contributed by atoms with Crippen molar-refractivity contribution >= 4 is 21.6 Å². The lowest BCUT2D eigenvalue weighted by Gasteiger charge is -2.08. The van der Waals surface area contributed by atoms with Crippen LogP contribution in [0.1, 0.15) is 5.56 Å². The van der Waals surface area contributed by atoms with Gasteiger partial charge in [-0.2, -0.15) is 0 Å². The van der Waals surface area contributed by atoms with E-state index in [2.05, 4.69) is 21.2 Å². The molecular weight excluding hydrogens is 288 g/mol. The molecular formula is C13H10BrF2N. The van der Waals surface area contributed by atoms with Crippen LogP contribution in [-0.2, 0) is 6.54 Å². The molecule has 0 spiro atoms. The van der Waals surface area contributed by atoms with Crippen LogP contribution < -0.4 is 5.32 Å². The van der Waals surface area contributed by atoms with Crippen molar-refractivity contribution < 1.29 is 8.78 Å². The first-order valence-electron chi connectivity index (χ1n) is 5.08. The van der Waals surface area contributed by atoms with E-state index in [9.17, 15) is 8.78 Å². The molecule has 2 rings (SSSR count). The summed E-state index contributed by atoms with van der Waals surface area (Å²) in [5.41, 5.74) is 1.76. The van der Waals surface area contributed by atoms with Gasteiger partial charge in [0.2, 0.25) is 0 Å². The summed E-state index contributed by atoms with van der Waals surface area (Å²) in [6.07, 6.45) is 0. The maximum absolute atomic E-state index is 12.9. The molecule has 0 amide bonds. The second-order valence-corrected chi connectivity index (χ2v) is 4.46. The Labute approximate surface area is 107 Å². The van der Waals surface area contributed by atoms with Gasteiger partial charge >= 0.3 is 0 Å². The Balaban J connectivity index is 2.04. The van der Waals surface area contributed by atoms with Crippen LogP contribution in [0.3, 0.4) is 0 Å². The highest BCUT2D eigenvalue weighted by molar-refractivity contribution is 9.10. The number of hydrogen-bond donors (Lipinski definition) is 1. The van der Waals surface area contributed by atoms with Crippen LogP contribution in [0.15, 0.2) is 46.9 Å². The van der Waals surface area contributed by atoms with Crippen molar-refractivity contribution in [2.24, 2.45) is 0 Å². The molecule has 0 aliphatic heterocycles. The molecule has 4 heteroatoms. The minimum absolute atomic E-state index is 0.253. The molecule has 2 aromatic carbocycles. The quantitative estimate of drug-likeness (QED) is 0.889. The number of halogens is 3. The lowest BCUT2D eigenvalue weighted by molar-refractivity contribution is 0.626. The zero-order valence-electron chi connectivity index (χ0n) is 8.88. The lowest BCUT2D eigenvalue weighted by atomic mass is 10.2. The molecule has 0 aliphatic carbocycles. The van der Waals surface area contributed by atoms with Crippen molar-refractivity contribution in [3.8, 4) is 0 Å². The summed E-state index contributed by atoms with van der Waals surface area (Å²) in [5, 5.41) is 3.14. The number of rotatable bonds is 3. The third-order valence-electron chi connectivity index (χ3n) is 2.33. The Morgan fingerprint density at radius 1 is 0.941 bits per heavy atom. The summed E-state index contributed by atoms with van der Waals surface area (Å²) in [5.74, 6) is -0.541. The fourth-order valence-electron chi connectivity index (χ4n) is 1.43. The van der Waals surface area contributed by atoms with E-state index >= 15 is 0 Å². The molecule has 88 valence electrons. The van der Waals surface area contributed by atoms with Crippen LogP contribution in [0.25, 0.3) is 0 Å². The first kappa shape index (κ1) is 12.0. The van der Waals surface area contributed by atoms with Gasteiger partial charge < -0.3 is 5.32 Å². The van der Waals surface area contributed by atoms with Gasteiger partial charge in [0.25, 0.3) is 0 Å². The van der Waals surface area contributed by atoms with Gasteiger partial charge in [-0.05, 0) is 51.8 Å². The van der Waals surface area contributed by atoms with Crippen LogP contribution in [-0.4, -0.2) is 0 Å². The van der Waals surface area contributed by atoms with E-state index in [0.29, 0.717) is 11.0 Å². The van der Waals surface area contributed by atoms with Gasteiger partial charge in [-0.15, -0.1) is 0 Å². The van der Waals surface area contributed by atoms with Crippen LogP contribution in [0.2, 0.25) is 0 Å². The normalized spacial score (nSPS) is 10.3. The maximum atomic E-state index is 12.9. The van der Waals surface area contributed by atoms with E-state index in [4.69, 9.17) is 0 Å².